The first-order valence-electron chi connectivity index (χ1n) is 10.6. The lowest BCUT2D eigenvalue weighted by Gasteiger charge is -2.26. The lowest BCUT2D eigenvalue weighted by atomic mass is 10.1. The molecule has 1 heterocycles. The molecule has 0 bridgehead atoms. The Morgan fingerprint density at radius 3 is 2.42 bits per heavy atom. The second-order valence-electron chi connectivity index (χ2n) is 7.84. The Balaban J connectivity index is 1.64. The summed E-state index contributed by atoms with van der Waals surface area (Å²) in [7, 11) is 1.52. The highest BCUT2D eigenvalue weighted by Gasteiger charge is 2.37. The summed E-state index contributed by atoms with van der Waals surface area (Å²) in [6, 6.07) is 15.7. The molecule has 4 rings (SSSR count). The molecule has 7 nitrogen and oxygen atoms in total. The number of benzene rings is 3. The van der Waals surface area contributed by atoms with Gasteiger partial charge in [-0.2, -0.15) is 0 Å². The molecule has 0 spiro atoms. The molecule has 0 aliphatic carbocycles. The molecule has 1 N–H and O–H groups in total. The van der Waals surface area contributed by atoms with Crippen LogP contribution in [-0.4, -0.2) is 25.0 Å². The second kappa shape index (κ2) is 11.3. The number of urea groups is 1. The molecule has 0 aromatic heterocycles. The van der Waals surface area contributed by atoms with Crippen LogP contribution in [0.3, 0.4) is 0 Å². The molecule has 3 aromatic rings. The Kier molecular flexibility index (Phi) is 8.35. The van der Waals surface area contributed by atoms with E-state index in [2.05, 4.69) is 66.4 Å². The maximum absolute atomic E-state index is 13.2. The van der Waals surface area contributed by atoms with E-state index in [0.29, 0.717) is 29.4 Å². The summed E-state index contributed by atoms with van der Waals surface area (Å²) in [6.45, 7) is 2.20. The number of rotatable bonds is 6. The SMILES string of the molecule is COc1cc(/C=C2\C(=O)NC(=O)N(c3ccc(Br)c(C)c3)C2=O)cc(I)c1OCc1ccc(I)cc1. The molecule has 1 aliphatic rings. The van der Waals surface area contributed by atoms with E-state index >= 15 is 0 Å². The topological polar surface area (TPSA) is 84.9 Å². The van der Waals surface area contributed by atoms with Gasteiger partial charge in [0.1, 0.15) is 12.2 Å². The minimum atomic E-state index is -0.796. The van der Waals surface area contributed by atoms with E-state index in [1.807, 2.05) is 31.2 Å². The van der Waals surface area contributed by atoms with Crippen molar-refractivity contribution in [1.29, 1.82) is 0 Å². The molecule has 0 saturated carbocycles. The van der Waals surface area contributed by atoms with Crippen molar-refractivity contribution in [3.05, 3.63) is 88.5 Å². The van der Waals surface area contributed by atoms with Crippen LogP contribution >= 0.6 is 61.1 Å². The Bertz CT molecular complexity index is 1410. The normalized spacial score (nSPS) is 14.8. The molecule has 36 heavy (non-hydrogen) atoms. The Labute approximate surface area is 243 Å². The Morgan fingerprint density at radius 1 is 1.03 bits per heavy atom. The van der Waals surface area contributed by atoms with E-state index in [9.17, 15) is 14.4 Å². The summed E-state index contributed by atoms with van der Waals surface area (Å²) in [5.41, 5.74) is 2.61. The highest BCUT2D eigenvalue weighted by atomic mass is 127. The van der Waals surface area contributed by atoms with Crippen LogP contribution in [0.1, 0.15) is 16.7 Å². The van der Waals surface area contributed by atoms with Crippen LogP contribution in [0.2, 0.25) is 0 Å². The number of imide groups is 2. The van der Waals surface area contributed by atoms with Crippen molar-refractivity contribution in [2.24, 2.45) is 0 Å². The third-order valence-corrected chi connectivity index (χ3v) is 7.77. The van der Waals surface area contributed by atoms with Gasteiger partial charge in [-0.1, -0.05) is 28.1 Å². The standard InChI is InChI=1S/C26H19BrI2N2O5/c1-14-9-18(7-8-20(14)27)31-25(33)19(24(32)30-26(31)34)10-16-11-21(29)23(22(12-16)35-2)36-13-15-3-5-17(28)6-4-15/h3-12H,13H2,1-2H3,(H,30,32,34)/b19-10+. The molecule has 0 radical (unpaired) electrons. The van der Waals surface area contributed by atoms with E-state index in [1.165, 1.54) is 13.2 Å². The number of methoxy groups -OCH3 is 1. The monoisotopic (exact) mass is 772 g/mol. The van der Waals surface area contributed by atoms with Crippen molar-refractivity contribution in [3.63, 3.8) is 0 Å². The van der Waals surface area contributed by atoms with Gasteiger partial charge in [-0.25, -0.2) is 9.69 Å². The van der Waals surface area contributed by atoms with Gasteiger partial charge >= 0.3 is 6.03 Å². The van der Waals surface area contributed by atoms with Crippen molar-refractivity contribution >= 4 is 90.7 Å². The van der Waals surface area contributed by atoms with Gasteiger partial charge in [0.2, 0.25) is 0 Å². The minimum absolute atomic E-state index is 0.166. The number of anilines is 1. The van der Waals surface area contributed by atoms with Gasteiger partial charge < -0.3 is 9.47 Å². The molecule has 1 fully saturated rings. The summed E-state index contributed by atoms with van der Waals surface area (Å²) in [5.74, 6) is -0.457. The molecular formula is C26H19BrI2N2O5. The van der Waals surface area contributed by atoms with Crippen molar-refractivity contribution in [2.75, 3.05) is 12.0 Å². The van der Waals surface area contributed by atoms with Crippen LogP contribution in [-0.2, 0) is 16.2 Å². The van der Waals surface area contributed by atoms with Crippen LogP contribution in [0.5, 0.6) is 11.5 Å². The molecule has 184 valence electrons. The minimum Gasteiger partial charge on any atom is -0.493 e. The molecule has 0 unspecified atom stereocenters. The molecule has 1 saturated heterocycles. The number of barbiturate groups is 1. The Morgan fingerprint density at radius 2 is 1.75 bits per heavy atom. The summed E-state index contributed by atoms with van der Waals surface area (Å²) in [6.07, 6.45) is 1.44. The molecule has 10 heteroatoms. The average molecular weight is 773 g/mol. The summed E-state index contributed by atoms with van der Waals surface area (Å²) in [5, 5.41) is 2.25. The van der Waals surface area contributed by atoms with Crippen LogP contribution in [0.25, 0.3) is 6.08 Å². The lowest BCUT2D eigenvalue weighted by molar-refractivity contribution is -0.122. The van der Waals surface area contributed by atoms with E-state index in [0.717, 1.165) is 27.6 Å². The van der Waals surface area contributed by atoms with Gasteiger partial charge in [-0.3, -0.25) is 14.9 Å². The molecule has 0 atom stereocenters. The first-order chi connectivity index (χ1) is 17.2. The number of hydrogen-bond donors (Lipinski definition) is 1. The van der Waals surface area contributed by atoms with Crippen LogP contribution in [0.15, 0.2) is 64.6 Å². The predicted molar refractivity (Wildman–Crippen MR) is 157 cm³/mol. The van der Waals surface area contributed by atoms with Gasteiger partial charge in [0, 0.05) is 8.04 Å². The molecule has 3 aromatic carbocycles. The fourth-order valence-electron chi connectivity index (χ4n) is 3.53. The first-order valence-corrected chi connectivity index (χ1v) is 13.6. The molecule has 1 aliphatic heterocycles. The smallest absolute Gasteiger partial charge is 0.335 e. The maximum atomic E-state index is 13.2. The quantitative estimate of drug-likeness (QED) is 0.183. The van der Waals surface area contributed by atoms with Gasteiger partial charge in [-0.05, 0) is 117 Å². The number of halogens is 3. The zero-order valence-electron chi connectivity index (χ0n) is 19.1. The summed E-state index contributed by atoms with van der Waals surface area (Å²) in [4.78, 5) is 39.3. The number of hydrogen-bond acceptors (Lipinski definition) is 5. The first kappa shape index (κ1) is 26.6. The molecule has 4 amide bonds. The Hall–Kier alpha value is -2.45. The van der Waals surface area contributed by atoms with Gasteiger partial charge in [0.15, 0.2) is 11.5 Å². The van der Waals surface area contributed by atoms with Crippen LogP contribution < -0.4 is 19.7 Å². The van der Waals surface area contributed by atoms with E-state index in [4.69, 9.17) is 9.47 Å². The van der Waals surface area contributed by atoms with E-state index in [1.54, 1.807) is 30.3 Å². The number of carbonyl (C=O) groups is 3. The summed E-state index contributed by atoms with van der Waals surface area (Å²) < 4.78 is 14.3. The van der Waals surface area contributed by atoms with E-state index in [-0.39, 0.29) is 5.57 Å². The zero-order chi connectivity index (χ0) is 26.0. The third-order valence-electron chi connectivity index (χ3n) is 5.36. The maximum Gasteiger partial charge on any atom is 0.335 e. The van der Waals surface area contributed by atoms with Gasteiger partial charge in [0.25, 0.3) is 11.8 Å². The summed E-state index contributed by atoms with van der Waals surface area (Å²) >= 11 is 7.78. The number of nitrogens with zero attached hydrogens (tertiary/aromatic N) is 1. The van der Waals surface area contributed by atoms with Crippen molar-refractivity contribution in [3.8, 4) is 11.5 Å². The number of nitrogens with one attached hydrogen (secondary N) is 1. The fraction of sp³-hybridized carbons (Fsp3) is 0.115. The van der Waals surface area contributed by atoms with Gasteiger partial charge in [-0.15, -0.1) is 0 Å². The number of ether oxygens (including phenoxy) is 2. The number of aryl methyl sites for hydroxylation is 1. The third kappa shape index (κ3) is 5.75. The highest BCUT2D eigenvalue weighted by molar-refractivity contribution is 14.1. The van der Waals surface area contributed by atoms with Crippen molar-refractivity contribution < 1.29 is 23.9 Å². The number of amides is 4. The van der Waals surface area contributed by atoms with Crippen molar-refractivity contribution in [2.45, 2.75) is 13.5 Å². The number of carbonyl (C=O) groups excluding carboxylic acids is 3. The molecular weight excluding hydrogens is 754 g/mol. The highest BCUT2D eigenvalue weighted by Crippen LogP contribution is 2.36. The van der Waals surface area contributed by atoms with E-state index < -0.39 is 17.8 Å². The predicted octanol–water partition coefficient (Wildman–Crippen LogP) is 6.22. The zero-order valence-corrected chi connectivity index (χ0v) is 25.0. The lowest BCUT2D eigenvalue weighted by Crippen LogP contribution is -2.54. The van der Waals surface area contributed by atoms with Crippen LogP contribution in [0, 0.1) is 14.1 Å². The largest absolute Gasteiger partial charge is 0.493 e. The van der Waals surface area contributed by atoms with Gasteiger partial charge in [0.05, 0.1) is 16.4 Å². The second-order valence-corrected chi connectivity index (χ2v) is 11.1. The fourth-order valence-corrected chi connectivity index (χ4v) is 4.91. The average Bonchev–Trinajstić information content (AvgIpc) is 2.84. The van der Waals surface area contributed by atoms with Crippen molar-refractivity contribution in [1.82, 2.24) is 5.32 Å². The van der Waals surface area contributed by atoms with Crippen LogP contribution in [0.4, 0.5) is 10.5 Å².